The van der Waals surface area contributed by atoms with Crippen LogP contribution in [0.3, 0.4) is 0 Å². The molecule has 0 radical (unpaired) electrons. The Bertz CT molecular complexity index is 710. The number of nitrogens with zero attached hydrogens (tertiary/aromatic N) is 2. The Labute approximate surface area is 145 Å². The third kappa shape index (κ3) is 3.85. The lowest BCUT2D eigenvalue weighted by Crippen LogP contribution is -2.36. The van der Waals surface area contributed by atoms with Gasteiger partial charge >= 0.3 is 0 Å². The van der Waals surface area contributed by atoms with Crippen molar-refractivity contribution in [3.05, 3.63) is 34.8 Å². The highest BCUT2D eigenvalue weighted by molar-refractivity contribution is 7.13. The molecule has 7 heteroatoms. The second kappa shape index (κ2) is 7.63. The lowest BCUT2D eigenvalue weighted by Gasteiger charge is -2.29. The second-order valence-corrected chi connectivity index (χ2v) is 6.48. The van der Waals surface area contributed by atoms with E-state index in [1.165, 1.54) is 11.3 Å². The van der Waals surface area contributed by atoms with Gasteiger partial charge in [-0.3, -0.25) is 4.79 Å². The largest absolute Gasteiger partial charge is 0.378 e. The highest BCUT2D eigenvalue weighted by Crippen LogP contribution is 2.25. The van der Waals surface area contributed by atoms with Gasteiger partial charge < -0.3 is 20.3 Å². The molecule has 1 fully saturated rings. The van der Waals surface area contributed by atoms with Gasteiger partial charge in [-0.1, -0.05) is 6.07 Å². The molecule has 2 N–H and O–H groups in total. The summed E-state index contributed by atoms with van der Waals surface area (Å²) in [6.45, 7) is 7.99. The molecule has 1 aromatic carbocycles. The monoisotopic (exact) mass is 346 g/mol. The quantitative estimate of drug-likeness (QED) is 0.871. The fourth-order valence-corrected chi connectivity index (χ4v) is 3.32. The molecule has 1 aromatic heterocycles. The number of carbonyl (C=O) groups is 1. The number of carbonyl (C=O) groups excluding carboxylic acids is 1. The van der Waals surface area contributed by atoms with E-state index >= 15 is 0 Å². The number of ether oxygens (including phenoxy) is 1. The molecule has 0 unspecified atom stereocenters. The predicted molar refractivity (Wildman–Crippen MR) is 98.4 cm³/mol. The molecule has 1 aliphatic heterocycles. The van der Waals surface area contributed by atoms with Gasteiger partial charge in [-0.15, -0.1) is 11.3 Å². The van der Waals surface area contributed by atoms with Crippen LogP contribution in [0.25, 0.3) is 0 Å². The van der Waals surface area contributed by atoms with E-state index in [0.717, 1.165) is 54.9 Å². The summed E-state index contributed by atoms with van der Waals surface area (Å²) in [6, 6.07) is 6.14. The van der Waals surface area contributed by atoms with Gasteiger partial charge in [0.2, 0.25) is 0 Å². The average Bonchev–Trinajstić information content (AvgIpc) is 3.07. The summed E-state index contributed by atoms with van der Waals surface area (Å²) >= 11 is 1.44. The van der Waals surface area contributed by atoms with E-state index in [1.54, 1.807) is 5.38 Å². The molecule has 0 bridgehead atoms. The zero-order valence-corrected chi connectivity index (χ0v) is 14.8. The number of amides is 1. The fourth-order valence-electron chi connectivity index (χ4n) is 2.56. The van der Waals surface area contributed by atoms with Crippen LogP contribution in [-0.4, -0.2) is 43.7 Å². The first-order valence-electron chi connectivity index (χ1n) is 8.11. The van der Waals surface area contributed by atoms with Crippen molar-refractivity contribution >= 4 is 33.8 Å². The molecule has 1 amide bonds. The molecule has 128 valence electrons. The van der Waals surface area contributed by atoms with E-state index in [-0.39, 0.29) is 5.91 Å². The van der Waals surface area contributed by atoms with Gasteiger partial charge in [0.05, 0.1) is 13.2 Å². The minimum atomic E-state index is -0.183. The highest BCUT2D eigenvalue weighted by Gasteiger charge is 2.15. The summed E-state index contributed by atoms with van der Waals surface area (Å²) in [4.78, 5) is 19.0. The molecule has 24 heavy (non-hydrogen) atoms. The van der Waals surface area contributed by atoms with Crippen LogP contribution < -0.4 is 15.5 Å². The fraction of sp³-hybridized carbons (Fsp3) is 0.412. The average molecular weight is 346 g/mol. The number of nitrogens with one attached hydrogen (secondary N) is 2. The normalized spacial score (nSPS) is 14.5. The van der Waals surface area contributed by atoms with Crippen LogP contribution in [-0.2, 0) is 4.74 Å². The molecule has 2 aromatic rings. The Morgan fingerprint density at radius 1 is 1.38 bits per heavy atom. The topological polar surface area (TPSA) is 66.5 Å². The number of aromatic nitrogens is 1. The SMILES string of the molecule is CCNc1nc(C(=O)Nc2cc(N3CCOCC3)ccc2C)cs1. The summed E-state index contributed by atoms with van der Waals surface area (Å²) in [7, 11) is 0. The van der Waals surface area contributed by atoms with Crippen molar-refractivity contribution in [1.82, 2.24) is 4.98 Å². The molecule has 1 aliphatic rings. The number of morpholine rings is 1. The maximum atomic E-state index is 12.4. The molecular formula is C17H22N4O2S. The minimum absolute atomic E-state index is 0.183. The first-order valence-corrected chi connectivity index (χ1v) is 8.99. The van der Waals surface area contributed by atoms with Crippen LogP contribution in [0.15, 0.2) is 23.6 Å². The maximum Gasteiger partial charge on any atom is 0.275 e. The molecule has 0 aliphatic carbocycles. The number of hydrogen-bond acceptors (Lipinski definition) is 6. The highest BCUT2D eigenvalue weighted by atomic mass is 32.1. The summed E-state index contributed by atoms with van der Waals surface area (Å²) in [5, 5.41) is 8.64. The number of hydrogen-bond donors (Lipinski definition) is 2. The summed E-state index contributed by atoms with van der Waals surface area (Å²) < 4.78 is 5.40. The van der Waals surface area contributed by atoms with E-state index in [2.05, 4.69) is 26.6 Å². The van der Waals surface area contributed by atoms with Crippen molar-refractivity contribution in [2.24, 2.45) is 0 Å². The van der Waals surface area contributed by atoms with Crippen LogP contribution in [0.5, 0.6) is 0 Å². The number of aryl methyl sites for hydroxylation is 1. The molecule has 0 saturated carbocycles. The Morgan fingerprint density at radius 2 is 2.17 bits per heavy atom. The van der Waals surface area contributed by atoms with Crippen LogP contribution in [0.4, 0.5) is 16.5 Å². The van der Waals surface area contributed by atoms with Crippen molar-refractivity contribution in [3.8, 4) is 0 Å². The first kappa shape index (κ1) is 16.7. The lowest BCUT2D eigenvalue weighted by atomic mass is 10.1. The number of benzene rings is 1. The molecule has 0 spiro atoms. The van der Waals surface area contributed by atoms with Gasteiger partial charge in [0, 0.05) is 36.4 Å². The van der Waals surface area contributed by atoms with Gasteiger partial charge in [-0.05, 0) is 31.5 Å². The van der Waals surface area contributed by atoms with Crippen LogP contribution in [0.2, 0.25) is 0 Å². The second-order valence-electron chi connectivity index (χ2n) is 5.62. The minimum Gasteiger partial charge on any atom is -0.378 e. The Kier molecular flexibility index (Phi) is 5.32. The molecular weight excluding hydrogens is 324 g/mol. The molecule has 0 atom stereocenters. The molecule has 6 nitrogen and oxygen atoms in total. The van der Waals surface area contributed by atoms with Crippen molar-refractivity contribution in [2.45, 2.75) is 13.8 Å². The maximum absolute atomic E-state index is 12.4. The lowest BCUT2D eigenvalue weighted by molar-refractivity contribution is 0.102. The zero-order chi connectivity index (χ0) is 16.9. The van der Waals surface area contributed by atoms with Gasteiger partial charge in [0.15, 0.2) is 5.13 Å². The number of thiazole rings is 1. The van der Waals surface area contributed by atoms with Crippen molar-refractivity contribution in [1.29, 1.82) is 0 Å². The molecule has 2 heterocycles. The van der Waals surface area contributed by atoms with E-state index in [0.29, 0.717) is 5.69 Å². The van der Waals surface area contributed by atoms with Crippen LogP contribution in [0.1, 0.15) is 23.0 Å². The van der Waals surface area contributed by atoms with Gasteiger partial charge in [-0.25, -0.2) is 4.98 Å². The zero-order valence-electron chi connectivity index (χ0n) is 14.0. The standard InChI is InChI=1S/C17H22N4O2S/c1-3-18-17-20-15(11-24-17)16(22)19-14-10-13(5-4-12(14)2)21-6-8-23-9-7-21/h4-5,10-11H,3,6-9H2,1-2H3,(H,18,20)(H,19,22). The first-order chi connectivity index (χ1) is 11.7. The van der Waals surface area contributed by atoms with Gasteiger partial charge in [-0.2, -0.15) is 0 Å². The summed E-state index contributed by atoms with van der Waals surface area (Å²) in [6.07, 6.45) is 0. The number of anilines is 3. The van der Waals surface area contributed by atoms with Crippen LogP contribution in [0, 0.1) is 6.92 Å². The van der Waals surface area contributed by atoms with Crippen molar-refractivity contribution < 1.29 is 9.53 Å². The smallest absolute Gasteiger partial charge is 0.275 e. The van der Waals surface area contributed by atoms with Crippen molar-refractivity contribution in [2.75, 3.05) is 48.4 Å². The Hall–Kier alpha value is -2.12. The predicted octanol–water partition coefficient (Wildman–Crippen LogP) is 2.97. The number of rotatable bonds is 5. The van der Waals surface area contributed by atoms with E-state index in [4.69, 9.17) is 4.74 Å². The van der Waals surface area contributed by atoms with Gasteiger partial charge in [0.25, 0.3) is 5.91 Å². The third-order valence-corrected chi connectivity index (χ3v) is 4.71. The summed E-state index contributed by atoms with van der Waals surface area (Å²) in [5.41, 5.74) is 3.39. The van der Waals surface area contributed by atoms with Crippen molar-refractivity contribution in [3.63, 3.8) is 0 Å². The Morgan fingerprint density at radius 3 is 2.92 bits per heavy atom. The van der Waals surface area contributed by atoms with Gasteiger partial charge in [0.1, 0.15) is 5.69 Å². The molecule has 1 saturated heterocycles. The van der Waals surface area contributed by atoms with Crippen LogP contribution >= 0.6 is 11.3 Å². The Balaban J connectivity index is 1.74. The van der Waals surface area contributed by atoms with E-state index < -0.39 is 0 Å². The van der Waals surface area contributed by atoms with E-state index in [9.17, 15) is 4.79 Å². The summed E-state index contributed by atoms with van der Waals surface area (Å²) in [5.74, 6) is -0.183. The molecule has 3 rings (SSSR count). The third-order valence-electron chi connectivity index (χ3n) is 3.91. The van der Waals surface area contributed by atoms with E-state index in [1.807, 2.05) is 26.0 Å².